The minimum Gasteiger partial charge on any atom is -0.346 e. The lowest BCUT2D eigenvalue weighted by Gasteiger charge is -2.20. The predicted octanol–water partition coefficient (Wildman–Crippen LogP) is 2.64. The van der Waals surface area contributed by atoms with Crippen molar-refractivity contribution in [2.75, 3.05) is 6.54 Å². The van der Waals surface area contributed by atoms with Crippen LogP contribution in [0, 0.1) is 0 Å². The lowest BCUT2D eigenvalue weighted by molar-refractivity contribution is -0.118. The van der Waals surface area contributed by atoms with E-state index in [2.05, 4.69) is 20.6 Å². The SMILES string of the molecule is CC1=C(C(=O)NC(C)c2ccccc2)CN=C(c2nccs2)N1. The van der Waals surface area contributed by atoms with Gasteiger partial charge < -0.3 is 10.6 Å². The van der Waals surface area contributed by atoms with Crippen molar-refractivity contribution >= 4 is 23.1 Å². The number of nitrogens with one attached hydrogen (secondary N) is 2. The second-order valence-corrected chi connectivity index (χ2v) is 6.23. The smallest absolute Gasteiger partial charge is 0.251 e. The Kier molecular flexibility index (Phi) is 4.52. The van der Waals surface area contributed by atoms with E-state index in [-0.39, 0.29) is 11.9 Å². The van der Waals surface area contributed by atoms with Crippen LogP contribution in [0.1, 0.15) is 30.5 Å². The van der Waals surface area contributed by atoms with E-state index in [0.29, 0.717) is 12.1 Å². The van der Waals surface area contributed by atoms with Crippen LogP contribution < -0.4 is 10.6 Å². The van der Waals surface area contributed by atoms with Crippen molar-refractivity contribution in [2.24, 2.45) is 4.99 Å². The van der Waals surface area contributed by atoms with Crippen LogP contribution in [0.15, 0.2) is 58.2 Å². The molecular formula is C17H18N4OS. The topological polar surface area (TPSA) is 66.4 Å². The van der Waals surface area contributed by atoms with E-state index in [1.807, 2.05) is 49.6 Å². The molecule has 0 saturated carbocycles. The molecule has 1 atom stereocenters. The molecular weight excluding hydrogens is 308 g/mol. The first kappa shape index (κ1) is 15.4. The molecule has 3 rings (SSSR count). The molecule has 1 unspecified atom stereocenters. The molecule has 2 aromatic rings. The first-order valence-corrected chi connectivity index (χ1v) is 8.30. The summed E-state index contributed by atoms with van der Waals surface area (Å²) in [5.41, 5.74) is 2.56. The van der Waals surface area contributed by atoms with Crippen molar-refractivity contribution in [2.45, 2.75) is 19.9 Å². The highest BCUT2D eigenvalue weighted by molar-refractivity contribution is 7.11. The van der Waals surface area contributed by atoms with Gasteiger partial charge >= 0.3 is 0 Å². The second-order valence-electron chi connectivity index (χ2n) is 5.34. The second kappa shape index (κ2) is 6.75. The summed E-state index contributed by atoms with van der Waals surface area (Å²) in [6.07, 6.45) is 1.74. The molecule has 0 bridgehead atoms. The van der Waals surface area contributed by atoms with Gasteiger partial charge in [0, 0.05) is 17.3 Å². The van der Waals surface area contributed by atoms with Crippen LogP contribution >= 0.6 is 11.3 Å². The van der Waals surface area contributed by atoms with E-state index in [4.69, 9.17) is 0 Å². The summed E-state index contributed by atoms with van der Waals surface area (Å²) < 4.78 is 0. The van der Waals surface area contributed by atoms with E-state index < -0.39 is 0 Å². The molecule has 0 fully saturated rings. The maximum absolute atomic E-state index is 12.5. The maximum Gasteiger partial charge on any atom is 0.251 e. The Hall–Kier alpha value is -2.47. The molecule has 1 amide bonds. The van der Waals surface area contributed by atoms with Gasteiger partial charge in [-0.1, -0.05) is 30.3 Å². The molecule has 1 aromatic heterocycles. The van der Waals surface area contributed by atoms with E-state index in [0.717, 1.165) is 22.1 Å². The Morgan fingerprint density at radius 3 is 2.78 bits per heavy atom. The molecule has 0 aliphatic carbocycles. The van der Waals surface area contributed by atoms with Gasteiger partial charge in [-0.25, -0.2) is 4.98 Å². The number of aliphatic imine (C=N–C) groups is 1. The zero-order valence-corrected chi connectivity index (χ0v) is 13.9. The van der Waals surface area contributed by atoms with Gasteiger partial charge in [0.15, 0.2) is 10.8 Å². The normalized spacial score (nSPS) is 15.7. The monoisotopic (exact) mass is 326 g/mol. The number of nitrogens with zero attached hydrogens (tertiary/aromatic N) is 2. The van der Waals surface area contributed by atoms with Gasteiger partial charge in [0.2, 0.25) is 0 Å². The fourth-order valence-corrected chi connectivity index (χ4v) is 2.98. The molecule has 1 aromatic carbocycles. The van der Waals surface area contributed by atoms with Gasteiger partial charge in [0.1, 0.15) is 0 Å². The average molecular weight is 326 g/mol. The van der Waals surface area contributed by atoms with Crippen molar-refractivity contribution < 1.29 is 4.79 Å². The van der Waals surface area contributed by atoms with Crippen LogP contribution in [0.25, 0.3) is 0 Å². The van der Waals surface area contributed by atoms with Gasteiger partial charge in [-0.2, -0.15) is 0 Å². The molecule has 1 aliphatic heterocycles. The zero-order valence-electron chi connectivity index (χ0n) is 13.0. The number of hydrogen-bond donors (Lipinski definition) is 2. The van der Waals surface area contributed by atoms with Crippen LogP contribution in [-0.4, -0.2) is 23.3 Å². The standard InChI is InChI=1S/C17H18N4OS/c1-11(13-6-4-3-5-7-13)21-16(22)14-10-19-15(20-12(14)2)17-18-8-9-23-17/h3-9,11H,10H2,1-2H3,(H,19,20)(H,21,22). The first-order valence-electron chi connectivity index (χ1n) is 7.42. The predicted molar refractivity (Wildman–Crippen MR) is 92.4 cm³/mol. The highest BCUT2D eigenvalue weighted by Crippen LogP contribution is 2.16. The summed E-state index contributed by atoms with van der Waals surface area (Å²) in [6, 6.07) is 9.86. The Labute approximate surface area is 139 Å². The molecule has 0 saturated heterocycles. The largest absolute Gasteiger partial charge is 0.346 e. The molecule has 1 aliphatic rings. The first-order chi connectivity index (χ1) is 11.1. The van der Waals surface area contributed by atoms with Crippen LogP contribution in [0.2, 0.25) is 0 Å². The number of rotatable bonds is 4. The summed E-state index contributed by atoms with van der Waals surface area (Å²) in [6.45, 7) is 4.23. The van der Waals surface area contributed by atoms with Crippen LogP contribution in [0.3, 0.4) is 0 Å². The summed E-state index contributed by atoms with van der Waals surface area (Å²) in [5, 5.41) is 8.95. The fourth-order valence-electron chi connectivity index (χ4n) is 2.38. The summed E-state index contributed by atoms with van der Waals surface area (Å²) in [7, 11) is 0. The Balaban J connectivity index is 1.68. The molecule has 0 spiro atoms. The number of amidine groups is 1. The van der Waals surface area contributed by atoms with Crippen molar-refractivity contribution in [3.05, 3.63) is 63.7 Å². The van der Waals surface area contributed by atoms with Gasteiger partial charge in [-0.05, 0) is 19.4 Å². The summed E-state index contributed by atoms with van der Waals surface area (Å²) >= 11 is 1.52. The molecule has 2 N–H and O–H groups in total. The van der Waals surface area contributed by atoms with Crippen molar-refractivity contribution in [1.29, 1.82) is 0 Å². The maximum atomic E-state index is 12.5. The quantitative estimate of drug-likeness (QED) is 0.908. The third-order valence-electron chi connectivity index (χ3n) is 3.71. The van der Waals surface area contributed by atoms with Gasteiger partial charge in [-0.15, -0.1) is 11.3 Å². The highest BCUT2D eigenvalue weighted by Gasteiger charge is 2.21. The number of benzene rings is 1. The minimum atomic E-state index is -0.0895. The molecule has 5 nitrogen and oxygen atoms in total. The lowest BCUT2D eigenvalue weighted by Crippen LogP contribution is -2.35. The van der Waals surface area contributed by atoms with Gasteiger partial charge in [0.05, 0.1) is 18.2 Å². The lowest BCUT2D eigenvalue weighted by atomic mass is 10.1. The number of aromatic nitrogens is 1. The molecule has 2 heterocycles. The van der Waals surface area contributed by atoms with E-state index in [1.54, 1.807) is 6.20 Å². The number of hydrogen-bond acceptors (Lipinski definition) is 5. The Bertz CT molecular complexity index is 750. The molecule has 118 valence electrons. The van der Waals surface area contributed by atoms with E-state index >= 15 is 0 Å². The van der Waals surface area contributed by atoms with Gasteiger partial charge in [0.25, 0.3) is 5.91 Å². The van der Waals surface area contributed by atoms with Crippen molar-refractivity contribution in [1.82, 2.24) is 15.6 Å². The third-order valence-corrected chi connectivity index (χ3v) is 4.49. The fraction of sp³-hybridized carbons (Fsp3) is 0.235. The molecule has 23 heavy (non-hydrogen) atoms. The van der Waals surface area contributed by atoms with Crippen molar-refractivity contribution in [3.63, 3.8) is 0 Å². The number of carbonyl (C=O) groups excluding carboxylic acids is 1. The van der Waals surface area contributed by atoms with Crippen LogP contribution in [0.4, 0.5) is 0 Å². The molecule has 0 radical (unpaired) electrons. The van der Waals surface area contributed by atoms with Gasteiger partial charge in [-0.3, -0.25) is 9.79 Å². The van der Waals surface area contributed by atoms with Crippen LogP contribution in [0.5, 0.6) is 0 Å². The molecule has 6 heteroatoms. The number of carbonyl (C=O) groups is 1. The summed E-state index contributed by atoms with van der Waals surface area (Å²) in [5.74, 6) is 0.637. The van der Waals surface area contributed by atoms with Crippen LogP contribution in [-0.2, 0) is 4.79 Å². The van der Waals surface area contributed by atoms with Crippen molar-refractivity contribution in [3.8, 4) is 0 Å². The Morgan fingerprint density at radius 2 is 2.13 bits per heavy atom. The number of thiazole rings is 1. The minimum absolute atomic E-state index is 0.0478. The Morgan fingerprint density at radius 1 is 1.35 bits per heavy atom. The average Bonchev–Trinajstić information content (AvgIpc) is 3.10. The summed E-state index contributed by atoms with van der Waals surface area (Å²) in [4.78, 5) is 21.2. The van der Waals surface area contributed by atoms with E-state index in [1.165, 1.54) is 11.3 Å². The zero-order chi connectivity index (χ0) is 16.2. The van der Waals surface area contributed by atoms with E-state index in [9.17, 15) is 4.79 Å². The number of amides is 1. The third kappa shape index (κ3) is 3.48. The number of allylic oxidation sites excluding steroid dienone is 1. The highest BCUT2D eigenvalue weighted by atomic mass is 32.1.